The van der Waals surface area contributed by atoms with Crippen LogP contribution in [0.25, 0.3) is 0 Å². The fraction of sp³-hybridized carbons (Fsp3) is 0.261. The van der Waals surface area contributed by atoms with Gasteiger partial charge in [0.25, 0.3) is 0 Å². The smallest absolute Gasteiger partial charge is 0.320 e. The van der Waals surface area contributed by atoms with E-state index in [4.69, 9.17) is 23.2 Å². The molecule has 0 radical (unpaired) electrons. The van der Waals surface area contributed by atoms with Gasteiger partial charge >= 0.3 is 11.9 Å². The molecule has 2 atom stereocenters. The summed E-state index contributed by atoms with van der Waals surface area (Å²) in [5.74, 6) is -3.08. The number of aliphatic carboxylic acids is 2. The van der Waals surface area contributed by atoms with Gasteiger partial charge in [0.2, 0.25) is 0 Å². The van der Waals surface area contributed by atoms with Gasteiger partial charge in [0.15, 0.2) is 0 Å². The van der Waals surface area contributed by atoms with Crippen molar-refractivity contribution in [3.8, 4) is 0 Å². The Balaban J connectivity index is 1.70. The van der Waals surface area contributed by atoms with Gasteiger partial charge in [0, 0.05) is 29.3 Å². The molecule has 3 N–H and O–H groups in total. The molecular formula is C23H23Cl2N3O4. The van der Waals surface area contributed by atoms with Gasteiger partial charge in [-0.15, -0.1) is 0 Å². The molecule has 2 aromatic carbocycles. The van der Waals surface area contributed by atoms with Crippen molar-refractivity contribution in [1.82, 2.24) is 14.9 Å². The number of imidazole rings is 1. The Labute approximate surface area is 195 Å². The third kappa shape index (κ3) is 6.56. The molecule has 0 bridgehead atoms. The number of aryl methyl sites for hydroxylation is 1. The van der Waals surface area contributed by atoms with Crippen molar-refractivity contribution in [3.63, 3.8) is 0 Å². The predicted molar refractivity (Wildman–Crippen MR) is 122 cm³/mol. The molecule has 7 nitrogen and oxygen atoms in total. The van der Waals surface area contributed by atoms with Crippen LogP contribution in [0.4, 0.5) is 0 Å². The maximum absolute atomic E-state index is 12.0. The normalized spacial score (nSPS) is 12.9. The Morgan fingerprint density at radius 1 is 1.00 bits per heavy atom. The number of aromatic nitrogens is 2. The van der Waals surface area contributed by atoms with E-state index in [1.54, 1.807) is 22.8 Å². The highest BCUT2D eigenvalue weighted by Crippen LogP contribution is 2.22. The Morgan fingerprint density at radius 3 is 2.31 bits per heavy atom. The molecule has 168 valence electrons. The van der Waals surface area contributed by atoms with Crippen LogP contribution in [-0.2, 0) is 22.6 Å². The molecule has 3 rings (SSSR count). The van der Waals surface area contributed by atoms with Crippen molar-refractivity contribution < 1.29 is 19.8 Å². The van der Waals surface area contributed by atoms with E-state index < -0.39 is 23.9 Å². The lowest BCUT2D eigenvalue weighted by molar-refractivity contribution is -0.141. The zero-order valence-corrected chi connectivity index (χ0v) is 18.6. The van der Waals surface area contributed by atoms with Gasteiger partial charge in [0.1, 0.15) is 12.0 Å². The first-order valence-electron chi connectivity index (χ1n) is 10.0. The van der Waals surface area contributed by atoms with E-state index in [1.165, 1.54) is 12.5 Å². The number of carboxylic acids is 2. The zero-order valence-electron chi connectivity index (χ0n) is 17.1. The summed E-state index contributed by atoms with van der Waals surface area (Å²) in [6.07, 6.45) is 3.92. The van der Waals surface area contributed by atoms with Crippen molar-refractivity contribution in [3.05, 3.63) is 87.9 Å². The third-order valence-electron chi connectivity index (χ3n) is 5.11. The van der Waals surface area contributed by atoms with Crippen LogP contribution in [0, 0.1) is 0 Å². The molecule has 0 saturated heterocycles. The van der Waals surface area contributed by atoms with Gasteiger partial charge in [-0.3, -0.25) is 9.59 Å². The summed E-state index contributed by atoms with van der Waals surface area (Å²) in [6.45, 7) is 0.277. The molecule has 0 aliphatic carbocycles. The van der Waals surface area contributed by atoms with Crippen LogP contribution in [0.15, 0.2) is 61.1 Å². The topological polar surface area (TPSA) is 104 Å². The summed E-state index contributed by atoms with van der Waals surface area (Å²) in [6, 6.07) is 13.8. The molecule has 0 aliphatic rings. The second-order valence-corrected chi connectivity index (χ2v) is 8.31. The Morgan fingerprint density at radius 2 is 1.69 bits per heavy atom. The maximum Gasteiger partial charge on any atom is 0.320 e. The average molecular weight is 476 g/mol. The Hall–Kier alpha value is -2.87. The lowest BCUT2D eigenvalue weighted by atomic mass is 10.0. The zero-order chi connectivity index (χ0) is 23.1. The first-order chi connectivity index (χ1) is 15.3. The van der Waals surface area contributed by atoms with E-state index in [2.05, 4.69) is 10.3 Å². The monoisotopic (exact) mass is 475 g/mol. The van der Waals surface area contributed by atoms with Gasteiger partial charge in [0.05, 0.1) is 12.0 Å². The van der Waals surface area contributed by atoms with Gasteiger partial charge in [-0.2, -0.15) is 0 Å². The SMILES string of the molecule is O=C(O)C(CN[C@@H](CCc1ccccc1)C(=O)O)c1cncn1Cc1cc(Cl)cc(Cl)c1. The van der Waals surface area contributed by atoms with Crippen molar-refractivity contribution >= 4 is 35.1 Å². The Kier molecular flexibility index (Phi) is 8.27. The average Bonchev–Trinajstić information content (AvgIpc) is 3.17. The van der Waals surface area contributed by atoms with Crippen LogP contribution in [-0.4, -0.2) is 44.3 Å². The van der Waals surface area contributed by atoms with Gasteiger partial charge in [-0.05, 0) is 42.2 Å². The molecule has 3 aromatic rings. The molecule has 0 aliphatic heterocycles. The molecule has 0 spiro atoms. The fourth-order valence-electron chi connectivity index (χ4n) is 3.50. The Bertz CT molecular complexity index is 1050. The summed E-state index contributed by atoms with van der Waals surface area (Å²) < 4.78 is 1.70. The molecule has 0 saturated carbocycles. The van der Waals surface area contributed by atoms with Crippen LogP contribution in [0.1, 0.15) is 29.2 Å². The highest BCUT2D eigenvalue weighted by molar-refractivity contribution is 6.34. The molecule has 32 heavy (non-hydrogen) atoms. The van der Waals surface area contributed by atoms with E-state index in [0.717, 1.165) is 11.1 Å². The number of halogens is 2. The van der Waals surface area contributed by atoms with Crippen LogP contribution >= 0.6 is 23.2 Å². The second-order valence-electron chi connectivity index (χ2n) is 7.44. The maximum atomic E-state index is 12.0. The molecule has 1 heterocycles. The largest absolute Gasteiger partial charge is 0.481 e. The minimum atomic E-state index is -1.07. The molecule has 1 aromatic heterocycles. The number of hydrogen-bond donors (Lipinski definition) is 3. The first kappa shape index (κ1) is 23.8. The number of hydrogen-bond acceptors (Lipinski definition) is 4. The summed E-state index contributed by atoms with van der Waals surface area (Å²) in [5.41, 5.74) is 2.27. The summed E-state index contributed by atoms with van der Waals surface area (Å²) >= 11 is 12.1. The lowest BCUT2D eigenvalue weighted by Crippen LogP contribution is -2.41. The van der Waals surface area contributed by atoms with E-state index in [1.807, 2.05) is 30.3 Å². The minimum Gasteiger partial charge on any atom is -0.481 e. The second kappa shape index (κ2) is 11.1. The van der Waals surface area contributed by atoms with E-state index in [0.29, 0.717) is 35.1 Å². The standard InChI is InChI=1S/C23H23Cl2N3O4/c24-17-8-16(9-18(25)10-17)13-28-14-26-12-21(28)19(22(29)30)11-27-20(23(31)32)7-6-15-4-2-1-3-5-15/h1-5,8-10,12,14,19-20,27H,6-7,11,13H2,(H,29,30)(H,31,32)/t19?,20-/m0/s1. The van der Waals surface area contributed by atoms with Gasteiger partial charge < -0.3 is 20.1 Å². The summed E-state index contributed by atoms with van der Waals surface area (Å²) in [5, 5.41) is 23.3. The molecular weight excluding hydrogens is 453 g/mol. The quantitative estimate of drug-likeness (QED) is 0.385. The van der Waals surface area contributed by atoms with Crippen molar-refractivity contribution in [1.29, 1.82) is 0 Å². The lowest BCUT2D eigenvalue weighted by Gasteiger charge is -2.20. The van der Waals surface area contributed by atoms with Crippen LogP contribution < -0.4 is 5.32 Å². The summed E-state index contributed by atoms with van der Waals surface area (Å²) in [7, 11) is 0. The third-order valence-corrected chi connectivity index (χ3v) is 5.54. The van der Waals surface area contributed by atoms with E-state index >= 15 is 0 Å². The number of nitrogens with one attached hydrogen (secondary N) is 1. The van der Waals surface area contributed by atoms with E-state index in [9.17, 15) is 19.8 Å². The van der Waals surface area contributed by atoms with Gasteiger partial charge in [-0.1, -0.05) is 53.5 Å². The highest BCUT2D eigenvalue weighted by atomic mass is 35.5. The number of rotatable bonds is 11. The van der Waals surface area contributed by atoms with Crippen LogP contribution in [0.3, 0.4) is 0 Å². The fourth-order valence-corrected chi connectivity index (χ4v) is 4.07. The van der Waals surface area contributed by atoms with Crippen molar-refractivity contribution in [2.45, 2.75) is 31.3 Å². The minimum absolute atomic E-state index is 0.0525. The van der Waals surface area contributed by atoms with Crippen LogP contribution in [0.2, 0.25) is 10.0 Å². The van der Waals surface area contributed by atoms with E-state index in [-0.39, 0.29) is 6.54 Å². The number of benzene rings is 2. The van der Waals surface area contributed by atoms with Gasteiger partial charge in [-0.25, -0.2) is 4.98 Å². The molecule has 1 unspecified atom stereocenters. The van der Waals surface area contributed by atoms with Crippen molar-refractivity contribution in [2.24, 2.45) is 0 Å². The number of nitrogens with zero attached hydrogens (tertiary/aromatic N) is 2. The first-order valence-corrected chi connectivity index (χ1v) is 10.8. The highest BCUT2D eigenvalue weighted by Gasteiger charge is 2.26. The molecule has 0 fully saturated rings. The predicted octanol–water partition coefficient (Wildman–Crippen LogP) is 4.08. The van der Waals surface area contributed by atoms with Crippen molar-refractivity contribution in [2.75, 3.05) is 6.54 Å². The summed E-state index contributed by atoms with van der Waals surface area (Å²) in [4.78, 5) is 27.8. The number of carbonyl (C=O) groups is 2. The molecule has 9 heteroatoms. The molecule has 0 amide bonds. The van der Waals surface area contributed by atoms with Crippen LogP contribution in [0.5, 0.6) is 0 Å². The number of carboxylic acid groups (broad SMARTS) is 2.